The number of aryl methyl sites for hydroxylation is 1. The molecule has 0 spiro atoms. The number of nitrogens with one attached hydrogen (secondary N) is 1. The normalized spacial score (nSPS) is 15.9. The van der Waals surface area contributed by atoms with E-state index in [2.05, 4.69) is 15.3 Å². The van der Waals surface area contributed by atoms with Crippen LogP contribution in [0.5, 0.6) is 0 Å². The highest BCUT2D eigenvalue weighted by Crippen LogP contribution is 2.21. The van der Waals surface area contributed by atoms with Gasteiger partial charge in [-0.2, -0.15) is 0 Å². The number of nitrogens with zero attached hydrogens (tertiary/aromatic N) is 2. The van der Waals surface area contributed by atoms with Crippen molar-refractivity contribution >= 4 is 24.0 Å². The van der Waals surface area contributed by atoms with Gasteiger partial charge in [0.05, 0.1) is 6.04 Å². The van der Waals surface area contributed by atoms with Crippen molar-refractivity contribution < 1.29 is 9.53 Å². The zero-order valence-corrected chi connectivity index (χ0v) is 15.0. The number of rotatable bonds is 4. The number of halogens is 1. The molecule has 2 aromatic rings. The van der Waals surface area contributed by atoms with Crippen LogP contribution in [0.2, 0.25) is 0 Å². The van der Waals surface area contributed by atoms with Gasteiger partial charge in [-0.15, -0.1) is 12.4 Å². The quantitative estimate of drug-likeness (QED) is 0.872. The fourth-order valence-electron chi connectivity index (χ4n) is 2.84. The SMILES string of the molecule is Cc1ccnc(-c2cccc(NC(=O)C(N)C3CCOCC3)c2)n1.Cl. The number of nitrogens with two attached hydrogens (primary N) is 1. The van der Waals surface area contributed by atoms with Gasteiger partial charge in [-0.1, -0.05) is 12.1 Å². The summed E-state index contributed by atoms with van der Waals surface area (Å²) in [6.45, 7) is 3.27. The van der Waals surface area contributed by atoms with Crippen LogP contribution in [0, 0.1) is 12.8 Å². The van der Waals surface area contributed by atoms with E-state index in [1.807, 2.05) is 37.3 Å². The Morgan fingerprint density at radius 1 is 1.32 bits per heavy atom. The van der Waals surface area contributed by atoms with Gasteiger partial charge in [0.15, 0.2) is 5.82 Å². The van der Waals surface area contributed by atoms with Crippen LogP contribution in [-0.2, 0) is 9.53 Å². The number of hydrogen-bond donors (Lipinski definition) is 2. The van der Waals surface area contributed by atoms with Crippen LogP contribution in [0.25, 0.3) is 11.4 Å². The number of aromatic nitrogens is 2. The third-order valence-electron chi connectivity index (χ3n) is 4.26. The number of benzene rings is 1. The molecule has 2 heterocycles. The summed E-state index contributed by atoms with van der Waals surface area (Å²) in [4.78, 5) is 21.1. The Labute approximate surface area is 153 Å². The number of amides is 1. The maximum atomic E-state index is 12.4. The van der Waals surface area contributed by atoms with Crippen molar-refractivity contribution in [2.75, 3.05) is 18.5 Å². The number of anilines is 1. The first-order valence-electron chi connectivity index (χ1n) is 8.18. The fraction of sp³-hybridized carbons (Fsp3) is 0.389. The third kappa shape index (κ3) is 4.98. The molecule has 0 radical (unpaired) electrons. The summed E-state index contributed by atoms with van der Waals surface area (Å²) in [5, 5.41) is 2.90. The minimum Gasteiger partial charge on any atom is -0.381 e. The molecule has 134 valence electrons. The van der Waals surface area contributed by atoms with Crippen LogP contribution >= 0.6 is 12.4 Å². The highest BCUT2D eigenvalue weighted by Gasteiger charge is 2.26. The van der Waals surface area contributed by atoms with Crippen LogP contribution in [0.1, 0.15) is 18.5 Å². The molecule has 0 bridgehead atoms. The first-order chi connectivity index (χ1) is 11.6. The van der Waals surface area contributed by atoms with Crippen LogP contribution in [0.3, 0.4) is 0 Å². The zero-order valence-electron chi connectivity index (χ0n) is 14.1. The molecule has 1 atom stereocenters. The lowest BCUT2D eigenvalue weighted by Crippen LogP contribution is -2.44. The Morgan fingerprint density at radius 2 is 2.08 bits per heavy atom. The summed E-state index contributed by atoms with van der Waals surface area (Å²) in [6.07, 6.45) is 3.38. The van der Waals surface area contributed by atoms with Crippen molar-refractivity contribution in [3.63, 3.8) is 0 Å². The lowest BCUT2D eigenvalue weighted by molar-refractivity contribution is -0.119. The molecule has 1 unspecified atom stereocenters. The predicted octanol–water partition coefficient (Wildman–Crippen LogP) is 2.57. The molecule has 1 aromatic heterocycles. The average molecular weight is 363 g/mol. The van der Waals surface area contributed by atoms with Gasteiger partial charge in [0.25, 0.3) is 0 Å². The van der Waals surface area contributed by atoms with E-state index in [4.69, 9.17) is 10.5 Å². The topological polar surface area (TPSA) is 90.1 Å². The van der Waals surface area contributed by atoms with Gasteiger partial charge in [-0.05, 0) is 43.9 Å². The van der Waals surface area contributed by atoms with Gasteiger partial charge in [0.1, 0.15) is 0 Å². The Bertz CT molecular complexity index is 720. The van der Waals surface area contributed by atoms with Crippen molar-refractivity contribution in [2.24, 2.45) is 11.7 Å². The smallest absolute Gasteiger partial charge is 0.241 e. The first-order valence-corrected chi connectivity index (χ1v) is 8.18. The van der Waals surface area contributed by atoms with Crippen LogP contribution in [0.4, 0.5) is 5.69 Å². The Hall–Kier alpha value is -2.02. The van der Waals surface area contributed by atoms with E-state index >= 15 is 0 Å². The second-order valence-corrected chi connectivity index (χ2v) is 6.07. The molecule has 25 heavy (non-hydrogen) atoms. The second kappa shape index (κ2) is 8.89. The zero-order chi connectivity index (χ0) is 16.9. The minimum absolute atomic E-state index is 0. The molecule has 1 aliphatic heterocycles. The third-order valence-corrected chi connectivity index (χ3v) is 4.26. The molecule has 1 saturated heterocycles. The van der Waals surface area contributed by atoms with Crippen LogP contribution < -0.4 is 11.1 Å². The van der Waals surface area contributed by atoms with Gasteiger partial charge >= 0.3 is 0 Å². The van der Waals surface area contributed by atoms with E-state index in [1.165, 1.54) is 0 Å². The average Bonchev–Trinajstić information content (AvgIpc) is 2.62. The van der Waals surface area contributed by atoms with Crippen LogP contribution in [-0.4, -0.2) is 35.1 Å². The molecule has 7 heteroatoms. The largest absolute Gasteiger partial charge is 0.381 e. The standard InChI is InChI=1S/C18H22N4O2.ClH/c1-12-5-8-20-17(21-12)14-3-2-4-15(11-14)22-18(23)16(19)13-6-9-24-10-7-13;/h2-5,8,11,13,16H,6-7,9-10,19H2,1H3,(H,22,23);1H. The highest BCUT2D eigenvalue weighted by atomic mass is 35.5. The van der Waals surface area contributed by atoms with Crippen LogP contribution in [0.15, 0.2) is 36.5 Å². The molecule has 3 rings (SSSR count). The maximum Gasteiger partial charge on any atom is 0.241 e. The van der Waals surface area contributed by atoms with E-state index in [0.717, 1.165) is 24.1 Å². The van der Waals surface area contributed by atoms with E-state index in [0.29, 0.717) is 24.7 Å². The monoisotopic (exact) mass is 362 g/mol. The molecule has 6 nitrogen and oxygen atoms in total. The number of hydrogen-bond acceptors (Lipinski definition) is 5. The summed E-state index contributed by atoms with van der Waals surface area (Å²) >= 11 is 0. The Morgan fingerprint density at radius 3 is 2.80 bits per heavy atom. The van der Waals surface area contributed by atoms with Gasteiger partial charge in [0.2, 0.25) is 5.91 Å². The second-order valence-electron chi connectivity index (χ2n) is 6.07. The summed E-state index contributed by atoms with van der Waals surface area (Å²) in [7, 11) is 0. The maximum absolute atomic E-state index is 12.4. The number of carbonyl (C=O) groups is 1. The van der Waals surface area contributed by atoms with Crippen molar-refractivity contribution in [2.45, 2.75) is 25.8 Å². The van der Waals surface area contributed by atoms with Gasteiger partial charge in [0, 0.05) is 36.4 Å². The molecule has 0 aliphatic carbocycles. The predicted molar refractivity (Wildman–Crippen MR) is 99.6 cm³/mol. The number of carbonyl (C=O) groups excluding carboxylic acids is 1. The molecule has 1 aromatic carbocycles. The highest BCUT2D eigenvalue weighted by molar-refractivity contribution is 5.95. The van der Waals surface area contributed by atoms with Crippen molar-refractivity contribution in [1.29, 1.82) is 0 Å². The first kappa shape index (κ1) is 19.3. The Balaban J connectivity index is 0.00000225. The summed E-state index contributed by atoms with van der Waals surface area (Å²) in [5.41, 5.74) is 8.57. The van der Waals surface area contributed by atoms with E-state index < -0.39 is 6.04 Å². The summed E-state index contributed by atoms with van der Waals surface area (Å²) in [5.74, 6) is 0.645. The lowest BCUT2D eigenvalue weighted by atomic mass is 9.92. The van der Waals surface area contributed by atoms with Gasteiger partial charge < -0.3 is 15.8 Å². The Kier molecular flexibility index (Phi) is 6.87. The fourth-order valence-corrected chi connectivity index (χ4v) is 2.84. The van der Waals surface area contributed by atoms with Crippen molar-refractivity contribution in [3.05, 3.63) is 42.2 Å². The van der Waals surface area contributed by atoms with E-state index in [9.17, 15) is 4.79 Å². The van der Waals surface area contributed by atoms with E-state index in [1.54, 1.807) is 6.20 Å². The van der Waals surface area contributed by atoms with Crippen molar-refractivity contribution in [3.8, 4) is 11.4 Å². The summed E-state index contributed by atoms with van der Waals surface area (Å²) < 4.78 is 5.32. The molecule has 1 amide bonds. The van der Waals surface area contributed by atoms with Crippen molar-refractivity contribution in [1.82, 2.24) is 9.97 Å². The molecular formula is C18H23ClN4O2. The molecular weight excluding hydrogens is 340 g/mol. The molecule has 0 saturated carbocycles. The van der Waals surface area contributed by atoms with E-state index in [-0.39, 0.29) is 24.2 Å². The van der Waals surface area contributed by atoms with Gasteiger partial charge in [-0.25, -0.2) is 9.97 Å². The van der Waals surface area contributed by atoms with Gasteiger partial charge in [-0.3, -0.25) is 4.79 Å². The lowest BCUT2D eigenvalue weighted by Gasteiger charge is -2.26. The minimum atomic E-state index is -0.521. The number of ether oxygens (including phenoxy) is 1. The molecule has 1 fully saturated rings. The molecule has 1 aliphatic rings. The summed E-state index contributed by atoms with van der Waals surface area (Å²) in [6, 6.07) is 8.83. The molecule has 3 N–H and O–H groups in total.